The van der Waals surface area contributed by atoms with Crippen LogP contribution in [0.5, 0.6) is 0 Å². The summed E-state index contributed by atoms with van der Waals surface area (Å²) in [5.74, 6) is 3.54. The van der Waals surface area contributed by atoms with E-state index in [1.807, 2.05) is 5.32 Å². The number of alkyl halides is 3. The summed E-state index contributed by atoms with van der Waals surface area (Å²) >= 11 is 0. The lowest BCUT2D eigenvalue weighted by Crippen LogP contribution is -2.61. The van der Waals surface area contributed by atoms with Crippen molar-refractivity contribution in [3.63, 3.8) is 0 Å². The van der Waals surface area contributed by atoms with Crippen LogP contribution in [0.2, 0.25) is 0 Å². The van der Waals surface area contributed by atoms with Gasteiger partial charge in [0.1, 0.15) is 0 Å². The smallest absolute Gasteiger partial charge is 0.343 e. The number of carbonyl (C=O) groups excluding carboxylic acids is 1. The van der Waals surface area contributed by atoms with E-state index in [-0.39, 0.29) is 6.54 Å². The van der Waals surface area contributed by atoms with Gasteiger partial charge in [-0.2, -0.15) is 13.2 Å². The highest BCUT2D eigenvalue weighted by Crippen LogP contribution is 2.27. The van der Waals surface area contributed by atoms with Crippen molar-refractivity contribution < 1.29 is 18.0 Å². The summed E-state index contributed by atoms with van der Waals surface area (Å²) in [6, 6.07) is 0. The van der Waals surface area contributed by atoms with E-state index in [0.717, 1.165) is 0 Å². The first-order chi connectivity index (χ1) is 6.23. The number of amides is 1. The Kier molecular flexibility index (Phi) is 3.95. The zero-order chi connectivity index (χ0) is 11.4. The molecule has 1 atom stereocenters. The van der Waals surface area contributed by atoms with Crippen molar-refractivity contribution in [3.05, 3.63) is 0 Å². The molecular formula is C8H11F3N2O. The van der Waals surface area contributed by atoms with Gasteiger partial charge in [-0.15, -0.1) is 5.92 Å². The highest BCUT2D eigenvalue weighted by molar-refractivity contribution is 5.86. The van der Waals surface area contributed by atoms with E-state index in [2.05, 4.69) is 11.8 Å². The summed E-state index contributed by atoms with van der Waals surface area (Å²) in [6.45, 7) is 1.98. The molecule has 0 aromatic carbocycles. The van der Waals surface area contributed by atoms with Crippen molar-refractivity contribution in [1.29, 1.82) is 0 Å². The van der Waals surface area contributed by atoms with Crippen molar-refractivity contribution in [1.82, 2.24) is 5.32 Å². The molecule has 0 heterocycles. The maximum absolute atomic E-state index is 12.2. The van der Waals surface area contributed by atoms with Crippen molar-refractivity contribution in [2.45, 2.75) is 25.6 Å². The SMILES string of the molecule is CC#CCNC(=O)C(C)(N)C(F)(F)F. The molecule has 0 radical (unpaired) electrons. The van der Waals surface area contributed by atoms with Crippen LogP contribution in [-0.2, 0) is 4.79 Å². The number of carbonyl (C=O) groups is 1. The summed E-state index contributed by atoms with van der Waals surface area (Å²) in [6.07, 6.45) is -4.77. The van der Waals surface area contributed by atoms with Gasteiger partial charge in [-0.1, -0.05) is 5.92 Å². The average molecular weight is 208 g/mol. The molecule has 0 bridgehead atoms. The Balaban J connectivity index is 4.42. The third-order valence-electron chi connectivity index (χ3n) is 1.57. The van der Waals surface area contributed by atoms with E-state index in [9.17, 15) is 18.0 Å². The summed E-state index contributed by atoms with van der Waals surface area (Å²) in [5, 5.41) is 1.97. The predicted molar refractivity (Wildman–Crippen MR) is 45.1 cm³/mol. The summed E-state index contributed by atoms with van der Waals surface area (Å²) in [7, 11) is 0. The van der Waals surface area contributed by atoms with Crippen LogP contribution >= 0.6 is 0 Å². The average Bonchev–Trinajstić information content (AvgIpc) is 2.02. The minimum Gasteiger partial charge on any atom is -0.343 e. The molecule has 80 valence electrons. The van der Waals surface area contributed by atoms with Crippen molar-refractivity contribution in [3.8, 4) is 11.8 Å². The number of nitrogens with two attached hydrogens (primary N) is 1. The normalized spacial score (nSPS) is 15.0. The number of rotatable bonds is 2. The van der Waals surface area contributed by atoms with Crippen LogP contribution in [0, 0.1) is 11.8 Å². The van der Waals surface area contributed by atoms with E-state index in [4.69, 9.17) is 5.73 Å². The van der Waals surface area contributed by atoms with Gasteiger partial charge in [0.2, 0.25) is 5.91 Å². The molecule has 14 heavy (non-hydrogen) atoms. The Labute approximate surface area is 79.8 Å². The van der Waals surface area contributed by atoms with Crippen LogP contribution in [0.3, 0.4) is 0 Å². The molecule has 3 N–H and O–H groups in total. The molecule has 0 aliphatic rings. The van der Waals surface area contributed by atoms with Gasteiger partial charge in [0.15, 0.2) is 5.54 Å². The lowest BCUT2D eigenvalue weighted by atomic mass is 10.0. The van der Waals surface area contributed by atoms with Gasteiger partial charge in [0.05, 0.1) is 6.54 Å². The van der Waals surface area contributed by atoms with Crippen LogP contribution in [0.4, 0.5) is 13.2 Å². The highest BCUT2D eigenvalue weighted by atomic mass is 19.4. The van der Waals surface area contributed by atoms with Crippen LogP contribution in [0.15, 0.2) is 0 Å². The first-order valence-corrected chi connectivity index (χ1v) is 3.77. The van der Waals surface area contributed by atoms with Crippen LogP contribution in [-0.4, -0.2) is 24.2 Å². The second kappa shape index (κ2) is 4.33. The Morgan fingerprint density at radius 2 is 2.00 bits per heavy atom. The molecule has 1 unspecified atom stereocenters. The van der Waals surface area contributed by atoms with Gasteiger partial charge in [0, 0.05) is 0 Å². The first-order valence-electron chi connectivity index (χ1n) is 3.77. The summed E-state index contributed by atoms with van der Waals surface area (Å²) < 4.78 is 36.5. The van der Waals surface area contributed by atoms with Gasteiger partial charge in [-0.25, -0.2) is 0 Å². The molecule has 6 heteroatoms. The van der Waals surface area contributed by atoms with E-state index >= 15 is 0 Å². The Morgan fingerprint density at radius 3 is 2.36 bits per heavy atom. The molecule has 0 aliphatic carbocycles. The fourth-order valence-electron chi connectivity index (χ4n) is 0.525. The maximum Gasteiger partial charge on any atom is 0.415 e. The number of halogens is 3. The summed E-state index contributed by atoms with van der Waals surface area (Å²) in [5.41, 5.74) is 1.96. The molecular weight excluding hydrogens is 197 g/mol. The van der Waals surface area contributed by atoms with Crippen LogP contribution in [0.25, 0.3) is 0 Å². The number of hydrogen-bond acceptors (Lipinski definition) is 2. The zero-order valence-electron chi connectivity index (χ0n) is 7.83. The van der Waals surface area contributed by atoms with E-state index < -0.39 is 17.6 Å². The Hall–Kier alpha value is -1.22. The van der Waals surface area contributed by atoms with Gasteiger partial charge >= 0.3 is 6.18 Å². The fraction of sp³-hybridized carbons (Fsp3) is 0.625. The second-order valence-corrected chi connectivity index (χ2v) is 2.81. The summed E-state index contributed by atoms with van der Waals surface area (Å²) in [4.78, 5) is 11.0. The van der Waals surface area contributed by atoms with E-state index in [1.54, 1.807) is 0 Å². The molecule has 1 amide bonds. The van der Waals surface area contributed by atoms with Gasteiger partial charge in [-0.3, -0.25) is 4.79 Å². The van der Waals surface area contributed by atoms with Crippen LogP contribution < -0.4 is 11.1 Å². The Morgan fingerprint density at radius 1 is 1.50 bits per heavy atom. The van der Waals surface area contributed by atoms with E-state index in [1.165, 1.54) is 6.92 Å². The standard InChI is InChI=1S/C8H11F3N2O/c1-3-4-5-13-6(14)7(2,12)8(9,10)11/h5,12H2,1-2H3,(H,13,14). The van der Waals surface area contributed by atoms with Gasteiger partial charge < -0.3 is 11.1 Å². The topological polar surface area (TPSA) is 55.1 Å². The third kappa shape index (κ3) is 2.92. The van der Waals surface area contributed by atoms with E-state index in [0.29, 0.717) is 6.92 Å². The van der Waals surface area contributed by atoms with Crippen LogP contribution in [0.1, 0.15) is 13.8 Å². The number of nitrogens with one attached hydrogen (secondary N) is 1. The molecule has 0 fully saturated rings. The third-order valence-corrected chi connectivity index (χ3v) is 1.57. The highest BCUT2D eigenvalue weighted by Gasteiger charge is 2.53. The quantitative estimate of drug-likeness (QED) is 0.645. The van der Waals surface area contributed by atoms with Crippen molar-refractivity contribution in [2.75, 3.05) is 6.54 Å². The second-order valence-electron chi connectivity index (χ2n) is 2.81. The molecule has 0 saturated carbocycles. The van der Waals surface area contributed by atoms with Crippen molar-refractivity contribution in [2.24, 2.45) is 5.73 Å². The molecule has 0 spiro atoms. The maximum atomic E-state index is 12.2. The molecule has 0 aromatic heterocycles. The minimum absolute atomic E-state index is 0.141. The Bertz CT molecular complexity index is 273. The fourth-order valence-corrected chi connectivity index (χ4v) is 0.525. The molecule has 0 saturated heterocycles. The van der Waals surface area contributed by atoms with Gasteiger partial charge in [0.25, 0.3) is 0 Å². The van der Waals surface area contributed by atoms with Crippen molar-refractivity contribution >= 4 is 5.91 Å². The minimum atomic E-state index is -4.77. The molecule has 3 nitrogen and oxygen atoms in total. The molecule has 0 aromatic rings. The monoisotopic (exact) mass is 208 g/mol. The lowest BCUT2D eigenvalue weighted by Gasteiger charge is -2.25. The molecule has 0 rings (SSSR count). The molecule has 0 aliphatic heterocycles. The number of hydrogen-bond donors (Lipinski definition) is 2. The first kappa shape index (κ1) is 12.8. The predicted octanol–water partition coefficient (Wildman–Crippen LogP) is 0.406. The lowest BCUT2D eigenvalue weighted by molar-refractivity contribution is -0.187. The largest absolute Gasteiger partial charge is 0.415 e. The zero-order valence-corrected chi connectivity index (χ0v) is 7.83. The van der Waals surface area contributed by atoms with Gasteiger partial charge in [-0.05, 0) is 13.8 Å².